The second kappa shape index (κ2) is 9.21. The summed E-state index contributed by atoms with van der Waals surface area (Å²) in [4.78, 5) is 2.32. The van der Waals surface area contributed by atoms with Crippen molar-refractivity contribution in [3.8, 4) is 6.07 Å². The highest BCUT2D eigenvalue weighted by Crippen LogP contribution is 2.03. The Labute approximate surface area is 106 Å². The summed E-state index contributed by atoms with van der Waals surface area (Å²) in [5.74, 6) is 0.625. The Morgan fingerprint density at radius 1 is 1.35 bits per heavy atom. The zero-order chi connectivity index (χ0) is 13.3. The van der Waals surface area contributed by atoms with Crippen molar-refractivity contribution in [2.45, 2.75) is 40.2 Å². The molecule has 0 aliphatic carbocycles. The first-order chi connectivity index (χ1) is 7.95. The predicted molar refractivity (Wildman–Crippen MR) is 73.8 cm³/mol. The van der Waals surface area contributed by atoms with Crippen LogP contribution in [0.5, 0.6) is 0 Å². The van der Waals surface area contributed by atoms with Gasteiger partial charge in [-0.3, -0.25) is 4.90 Å². The maximum Gasteiger partial charge on any atom is 0.0635 e. The minimum Gasteiger partial charge on any atom is -0.311 e. The van der Waals surface area contributed by atoms with E-state index in [0.717, 1.165) is 26.2 Å². The molecule has 0 saturated heterocycles. The molecule has 0 spiro atoms. The zero-order valence-electron chi connectivity index (χ0n) is 11.8. The van der Waals surface area contributed by atoms with Gasteiger partial charge >= 0.3 is 0 Å². The van der Waals surface area contributed by atoms with Gasteiger partial charge in [-0.2, -0.15) is 5.26 Å². The third-order valence-corrected chi connectivity index (χ3v) is 2.37. The molecule has 0 aliphatic heterocycles. The molecule has 0 aromatic carbocycles. The molecule has 1 N–H and O–H groups in total. The normalized spacial score (nSPS) is 11.2. The first kappa shape index (κ1) is 16.1. The van der Waals surface area contributed by atoms with Crippen LogP contribution in [0.2, 0.25) is 0 Å². The highest BCUT2D eigenvalue weighted by molar-refractivity contribution is 5.00. The van der Waals surface area contributed by atoms with E-state index in [-0.39, 0.29) is 0 Å². The lowest BCUT2D eigenvalue weighted by atomic mass is 10.1. The monoisotopic (exact) mass is 237 g/mol. The molecule has 0 unspecified atom stereocenters. The van der Waals surface area contributed by atoms with Gasteiger partial charge in [-0.05, 0) is 11.5 Å². The molecule has 0 bridgehead atoms. The van der Waals surface area contributed by atoms with E-state index in [4.69, 9.17) is 5.26 Å². The SMILES string of the molecule is C=C(CNC(C)C)CN(CCC#N)CC(C)C. The van der Waals surface area contributed by atoms with Gasteiger partial charge in [0.1, 0.15) is 0 Å². The lowest BCUT2D eigenvalue weighted by Crippen LogP contribution is -2.34. The summed E-state index contributed by atoms with van der Waals surface area (Å²) in [6.45, 7) is 16.4. The molecule has 0 aliphatic rings. The highest BCUT2D eigenvalue weighted by atomic mass is 15.1. The van der Waals surface area contributed by atoms with Crippen molar-refractivity contribution < 1.29 is 0 Å². The van der Waals surface area contributed by atoms with Crippen molar-refractivity contribution in [3.63, 3.8) is 0 Å². The Morgan fingerprint density at radius 3 is 2.47 bits per heavy atom. The van der Waals surface area contributed by atoms with Gasteiger partial charge in [0.15, 0.2) is 0 Å². The number of nitrogens with zero attached hydrogens (tertiary/aromatic N) is 2. The Bertz CT molecular complexity index is 251. The summed E-state index contributed by atoms with van der Waals surface area (Å²) >= 11 is 0. The van der Waals surface area contributed by atoms with Crippen LogP contribution in [-0.4, -0.2) is 37.1 Å². The first-order valence-corrected chi connectivity index (χ1v) is 6.45. The average Bonchev–Trinajstić information content (AvgIpc) is 2.22. The average molecular weight is 237 g/mol. The molecule has 0 atom stereocenters. The molecule has 0 radical (unpaired) electrons. The van der Waals surface area contributed by atoms with Crippen molar-refractivity contribution in [2.24, 2.45) is 5.92 Å². The van der Waals surface area contributed by atoms with Crippen LogP contribution in [-0.2, 0) is 0 Å². The summed E-state index contributed by atoms with van der Waals surface area (Å²) in [7, 11) is 0. The Hall–Kier alpha value is -0.850. The van der Waals surface area contributed by atoms with Gasteiger partial charge in [0, 0.05) is 38.6 Å². The van der Waals surface area contributed by atoms with Crippen LogP contribution >= 0.6 is 0 Å². The third-order valence-electron chi connectivity index (χ3n) is 2.37. The smallest absolute Gasteiger partial charge is 0.0635 e. The van der Waals surface area contributed by atoms with Crippen LogP contribution in [0, 0.1) is 17.2 Å². The molecular weight excluding hydrogens is 210 g/mol. The summed E-state index contributed by atoms with van der Waals surface area (Å²) in [6.07, 6.45) is 0.595. The van der Waals surface area contributed by atoms with E-state index in [1.807, 2.05) is 0 Å². The molecule has 0 saturated carbocycles. The fraction of sp³-hybridized carbons (Fsp3) is 0.786. The van der Waals surface area contributed by atoms with Crippen molar-refractivity contribution >= 4 is 0 Å². The number of rotatable bonds is 9. The molecule has 17 heavy (non-hydrogen) atoms. The number of nitrogens with one attached hydrogen (secondary N) is 1. The summed E-state index contributed by atoms with van der Waals surface area (Å²) in [5, 5.41) is 12.0. The quantitative estimate of drug-likeness (QED) is 0.626. The molecule has 0 amide bonds. The van der Waals surface area contributed by atoms with Crippen LogP contribution in [0.1, 0.15) is 34.1 Å². The topological polar surface area (TPSA) is 39.1 Å². The zero-order valence-corrected chi connectivity index (χ0v) is 11.8. The summed E-state index contributed by atoms with van der Waals surface area (Å²) < 4.78 is 0. The van der Waals surface area contributed by atoms with Crippen LogP contribution in [0.25, 0.3) is 0 Å². The molecule has 0 heterocycles. The van der Waals surface area contributed by atoms with Gasteiger partial charge in [0.05, 0.1) is 6.07 Å². The van der Waals surface area contributed by atoms with Gasteiger partial charge in [-0.15, -0.1) is 0 Å². The third kappa shape index (κ3) is 10.0. The van der Waals surface area contributed by atoms with Gasteiger partial charge in [-0.1, -0.05) is 34.3 Å². The van der Waals surface area contributed by atoms with Crippen molar-refractivity contribution in [2.75, 3.05) is 26.2 Å². The fourth-order valence-corrected chi connectivity index (χ4v) is 1.68. The molecule has 0 aromatic rings. The molecule has 3 heteroatoms. The van der Waals surface area contributed by atoms with Gasteiger partial charge < -0.3 is 5.32 Å². The molecule has 3 nitrogen and oxygen atoms in total. The Morgan fingerprint density at radius 2 is 2.00 bits per heavy atom. The molecule has 0 rings (SSSR count). The lowest BCUT2D eigenvalue weighted by Gasteiger charge is -2.24. The lowest BCUT2D eigenvalue weighted by molar-refractivity contribution is 0.267. The van der Waals surface area contributed by atoms with E-state index in [0.29, 0.717) is 18.4 Å². The minimum absolute atomic E-state index is 0.490. The Balaban J connectivity index is 4.04. The largest absolute Gasteiger partial charge is 0.311 e. The van der Waals surface area contributed by atoms with E-state index >= 15 is 0 Å². The van der Waals surface area contributed by atoms with Crippen LogP contribution in [0.3, 0.4) is 0 Å². The molecule has 98 valence electrons. The highest BCUT2D eigenvalue weighted by Gasteiger charge is 2.08. The maximum atomic E-state index is 8.65. The van der Waals surface area contributed by atoms with Crippen LogP contribution in [0.15, 0.2) is 12.2 Å². The maximum absolute atomic E-state index is 8.65. The van der Waals surface area contributed by atoms with Gasteiger partial charge in [0.25, 0.3) is 0 Å². The van der Waals surface area contributed by atoms with Crippen molar-refractivity contribution in [1.29, 1.82) is 5.26 Å². The second-order valence-corrected chi connectivity index (χ2v) is 5.32. The van der Waals surface area contributed by atoms with Crippen LogP contribution < -0.4 is 5.32 Å². The van der Waals surface area contributed by atoms with Crippen LogP contribution in [0.4, 0.5) is 0 Å². The summed E-state index contributed by atoms with van der Waals surface area (Å²) in [6, 6.07) is 2.70. The van der Waals surface area contributed by atoms with E-state index < -0.39 is 0 Å². The Kier molecular flexibility index (Phi) is 8.75. The minimum atomic E-state index is 0.490. The second-order valence-electron chi connectivity index (χ2n) is 5.32. The van der Waals surface area contributed by atoms with Crippen molar-refractivity contribution in [1.82, 2.24) is 10.2 Å². The first-order valence-electron chi connectivity index (χ1n) is 6.45. The van der Waals surface area contributed by atoms with E-state index in [1.165, 1.54) is 5.57 Å². The fourth-order valence-electron chi connectivity index (χ4n) is 1.68. The molecule has 0 aromatic heterocycles. The van der Waals surface area contributed by atoms with Gasteiger partial charge in [-0.25, -0.2) is 0 Å². The van der Waals surface area contributed by atoms with Gasteiger partial charge in [0.2, 0.25) is 0 Å². The number of hydrogen-bond donors (Lipinski definition) is 1. The predicted octanol–water partition coefficient (Wildman–Crippen LogP) is 2.41. The standard InChI is InChI=1S/C14H27N3/c1-12(2)10-17(8-6-7-15)11-14(5)9-16-13(3)4/h12-13,16H,5-6,8-11H2,1-4H3. The molecule has 0 fully saturated rings. The number of hydrogen-bond acceptors (Lipinski definition) is 3. The van der Waals surface area contributed by atoms with Crippen molar-refractivity contribution in [3.05, 3.63) is 12.2 Å². The van der Waals surface area contributed by atoms with E-state index in [2.05, 4.69) is 50.6 Å². The summed E-state index contributed by atoms with van der Waals surface area (Å²) in [5.41, 5.74) is 1.19. The van der Waals surface area contributed by atoms with E-state index in [9.17, 15) is 0 Å². The number of nitriles is 1. The molecular formula is C14H27N3. The van der Waals surface area contributed by atoms with E-state index in [1.54, 1.807) is 0 Å².